The molecule has 3 nitrogen and oxygen atoms in total. The number of hydrogen-bond donors (Lipinski definition) is 0. The van der Waals surface area contributed by atoms with Crippen LogP contribution in [0.1, 0.15) is 0 Å². The van der Waals surface area contributed by atoms with Gasteiger partial charge in [0.25, 0.3) is 0 Å². The maximum Gasteiger partial charge on any atom is 0.160 e. The normalized spacial score (nSPS) is 11.3. The molecule has 10 aromatic rings. The highest BCUT2D eigenvalue weighted by Gasteiger charge is 2.14. The number of nitrogens with zero attached hydrogens (tertiary/aromatic N) is 3. The summed E-state index contributed by atoms with van der Waals surface area (Å²) in [7, 11) is 0. The highest BCUT2D eigenvalue weighted by molar-refractivity contribution is 5.99. The van der Waals surface area contributed by atoms with Gasteiger partial charge in [0.1, 0.15) is 0 Å². The number of hydrogen-bond acceptors (Lipinski definition) is 3. The van der Waals surface area contributed by atoms with Gasteiger partial charge in [-0.3, -0.25) is 4.98 Å². The fourth-order valence-corrected chi connectivity index (χ4v) is 7.64. The molecule has 0 aliphatic carbocycles. The van der Waals surface area contributed by atoms with Crippen LogP contribution in [-0.4, -0.2) is 15.0 Å². The number of pyridine rings is 1. The highest BCUT2D eigenvalue weighted by Crippen LogP contribution is 2.36. The molecule has 0 unspecified atom stereocenters. The third-order valence-corrected chi connectivity index (χ3v) is 10.4. The third-order valence-electron chi connectivity index (χ3n) is 10.4. The molecule has 0 saturated carbocycles. The summed E-state index contributed by atoms with van der Waals surface area (Å²) in [5.41, 5.74) is 11.7. The third kappa shape index (κ3) is 5.78. The van der Waals surface area contributed by atoms with Crippen molar-refractivity contribution in [3.8, 4) is 67.3 Å². The van der Waals surface area contributed by atoms with Crippen LogP contribution in [0, 0.1) is 0 Å². The molecule has 0 aliphatic heterocycles. The van der Waals surface area contributed by atoms with Gasteiger partial charge in [-0.15, -0.1) is 0 Å². The summed E-state index contributed by atoms with van der Waals surface area (Å²) in [6.07, 6.45) is 3.87. The van der Waals surface area contributed by atoms with Crippen molar-refractivity contribution in [1.82, 2.24) is 15.0 Å². The summed E-state index contributed by atoms with van der Waals surface area (Å²) >= 11 is 0. The van der Waals surface area contributed by atoms with Gasteiger partial charge in [-0.1, -0.05) is 176 Å². The zero-order chi connectivity index (χ0) is 35.8. The van der Waals surface area contributed by atoms with Gasteiger partial charge in [-0.2, -0.15) is 0 Å². The van der Waals surface area contributed by atoms with E-state index in [1.54, 1.807) is 0 Å². The molecule has 252 valence electrons. The summed E-state index contributed by atoms with van der Waals surface area (Å²) < 4.78 is 0. The Hall–Kier alpha value is -7.23. The first-order valence-electron chi connectivity index (χ1n) is 18.2. The molecular formula is C51H33N3. The predicted molar refractivity (Wildman–Crippen MR) is 225 cm³/mol. The van der Waals surface area contributed by atoms with Gasteiger partial charge >= 0.3 is 0 Å². The number of aromatic nitrogens is 3. The monoisotopic (exact) mass is 687 g/mol. The predicted octanol–water partition coefficient (Wildman–Crippen LogP) is 13.3. The van der Waals surface area contributed by atoms with Crippen molar-refractivity contribution in [2.24, 2.45) is 0 Å². The van der Waals surface area contributed by atoms with E-state index in [9.17, 15) is 0 Å². The van der Waals surface area contributed by atoms with Crippen molar-refractivity contribution in [2.75, 3.05) is 0 Å². The summed E-state index contributed by atoms with van der Waals surface area (Å²) in [5.74, 6) is 0.685. The van der Waals surface area contributed by atoms with Crippen molar-refractivity contribution >= 4 is 32.3 Å². The molecule has 0 saturated heterocycles. The Bertz CT molecular complexity index is 2830. The van der Waals surface area contributed by atoms with Crippen molar-refractivity contribution in [1.29, 1.82) is 0 Å². The fraction of sp³-hybridized carbons (Fsp3) is 0. The largest absolute Gasteiger partial charge is 0.263 e. The second-order valence-electron chi connectivity index (χ2n) is 13.7. The van der Waals surface area contributed by atoms with Crippen LogP contribution in [0.3, 0.4) is 0 Å². The smallest absolute Gasteiger partial charge is 0.160 e. The lowest BCUT2D eigenvalue weighted by atomic mass is 9.96. The molecule has 10 rings (SSSR count). The van der Waals surface area contributed by atoms with Crippen LogP contribution < -0.4 is 0 Å². The van der Waals surface area contributed by atoms with Crippen molar-refractivity contribution in [3.05, 3.63) is 200 Å². The lowest BCUT2D eigenvalue weighted by molar-refractivity contribution is 1.18. The van der Waals surface area contributed by atoms with Gasteiger partial charge in [0.2, 0.25) is 0 Å². The van der Waals surface area contributed by atoms with Gasteiger partial charge in [0, 0.05) is 40.0 Å². The van der Waals surface area contributed by atoms with Crippen LogP contribution in [0.4, 0.5) is 0 Å². The second kappa shape index (κ2) is 13.4. The van der Waals surface area contributed by atoms with Crippen LogP contribution in [0.5, 0.6) is 0 Å². The van der Waals surface area contributed by atoms with Gasteiger partial charge < -0.3 is 0 Å². The van der Waals surface area contributed by atoms with Crippen molar-refractivity contribution in [3.63, 3.8) is 0 Å². The standard InChI is InChI=1S/C51H33N3/c1-4-17-43-34(10-1)13-8-20-45(43)36-24-28-39(29-25-36)51-53-49(38-26-22-37(23-27-38)48-33-52-32-42-12-3-6-19-47(42)48)31-50(54-51)41-16-7-15-40(30-41)46-21-9-14-35-11-2-5-18-44(35)46/h1-33H. The minimum Gasteiger partial charge on any atom is -0.263 e. The molecule has 0 aliphatic rings. The maximum absolute atomic E-state index is 5.23. The van der Waals surface area contributed by atoms with Crippen LogP contribution in [0.2, 0.25) is 0 Å². The van der Waals surface area contributed by atoms with Gasteiger partial charge in [-0.05, 0) is 66.9 Å². The molecule has 0 spiro atoms. The molecule has 0 N–H and O–H groups in total. The molecule has 0 atom stereocenters. The highest BCUT2D eigenvalue weighted by atomic mass is 14.9. The second-order valence-corrected chi connectivity index (χ2v) is 13.7. The topological polar surface area (TPSA) is 38.7 Å². The molecular weight excluding hydrogens is 655 g/mol. The van der Waals surface area contributed by atoms with E-state index in [2.05, 4.69) is 193 Å². The quantitative estimate of drug-likeness (QED) is 0.175. The lowest BCUT2D eigenvalue weighted by Crippen LogP contribution is -1.96. The summed E-state index contributed by atoms with van der Waals surface area (Å²) in [4.78, 5) is 15.0. The van der Waals surface area contributed by atoms with Crippen LogP contribution in [0.25, 0.3) is 99.6 Å². The van der Waals surface area contributed by atoms with Crippen LogP contribution >= 0.6 is 0 Å². The molecule has 2 heterocycles. The summed E-state index contributed by atoms with van der Waals surface area (Å²) in [5, 5.41) is 7.23. The summed E-state index contributed by atoms with van der Waals surface area (Å²) in [6, 6.07) is 66.5. The first-order valence-corrected chi connectivity index (χ1v) is 18.2. The van der Waals surface area contributed by atoms with Gasteiger partial charge in [0.15, 0.2) is 5.82 Å². The number of fused-ring (bicyclic) bond motifs is 3. The Labute approximate surface area is 313 Å². The van der Waals surface area contributed by atoms with E-state index >= 15 is 0 Å². The Morgan fingerprint density at radius 2 is 0.741 bits per heavy atom. The lowest BCUT2D eigenvalue weighted by Gasteiger charge is -2.13. The first-order chi connectivity index (χ1) is 26.7. The van der Waals surface area contributed by atoms with Crippen LogP contribution in [-0.2, 0) is 0 Å². The molecule has 2 aromatic heterocycles. The number of rotatable bonds is 6. The maximum atomic E-state index is 5.23. The molecule has 8 aromatic carbocycles. The number of benzene rings is 8. The van der Waals surface area contributed by atoms with E-state index in [0.29, 0.717) is 5.82 Å². The van der Waals surface area contributed by atoms with Crippen LogP contribution in [0.15, 0.2) is 200 Å². The average molecular weight is 688 g/mol. The SMILES string of the molecule is c1cc(-c2cc(-c3ccc(-c4cncc5ccccc45)cc3)nc(-c3ccc(-c4cccc5ccccc45)cc3)n2)cc(-c2cccc3ccccc23)c1. The zero-order valence-corrected chi connectivity index (χ0v) is 29.4. The van der Waals surface area contributed by atoms with E-state index in [-0.39, 0.29) is 0 Å². The molecule has 0 fully saturated rings. The Morgan fingerprint density at radius 1 is 0.278 bits per heavy atom. The first kappa shape index (κ1) is 31.5. The van der Waals surface area contributed by atoms with E-state index in [4.69, 9.17) is 9.97 Å². The van der Waals surface area contributed by atoms with E-state index in [1.165, 1.54) is 38.1 Å². The van der Waals surface area contributed by atoms with Crippen molar-refractivity contribution < 1.29 is 0 Å². The fourth-order valence-electron chi connectivity index (χ4n) is 7.64. The molecule has 0 bridgehead atoms. The zero-order valence-electron chi connectivity index (χ0n) is 29.4. The molecule has 0 amide bonds. The van der Waals surface area contributed by atoms with Gasteiger partial charge in [0.05, 0.1) is 11.4 Å². The molecule has 0 radical (unpaired) electrons. The Balaban J connectivity index is 1.08. The Kier molecular flexibility index (Phi) is 7.81. The average Bonchev–Trinajstić information content (AvgIpc) is 3.26. The minimum absolute atomic E-state index is 0.685. The minimum atomic E-state index is 0.685. The van der Waals surface area contributed by atoms with E-state index in [1.807, 2.05) is 12.4 Å². The Morgan fingerprint density at radius 3 is 1.41 bits per heavy atom. The van der Waals surface area contributed by atoms with Gasteiger partial charge in [-0.25, -0.2) is 9.97 Å². The van der Waals surface area contributed by atoms with Crippen molar-refractivity contribution in [2.45, 2.75) is 0 Å². The molecule has 54 heavy (non-hydrogen) atoms. The summed E-state index contributed by atoms with van der Waals surface area (Å²) in [6.45, 7) is 0. The van der Waals surface area contributed by atoms with E-state index < -0.39 is 0 Å². The van der Waals surface area contributed by atoms with E-state index in [0.717, 1.165) is 55.7 Å². The molecule has 3 heteroatoms.